The summed E-state index contributed by atoms with van der Waals surface area (Å²) >= 11 is 2.60. The topological polar surface area (TPSA) is 102 Å². The summed E-state index contributed by atoms with van der Waals surface area (Å²) in [5.41, 5.74) is 0.941. The SMILES string of the molecule is O=C(CSc1nnc(NC(=O)C2CCCCC2)s1)NCc1ccc2c(c1)OCO2. The minimum atomic E-state index is -0.101. The van der Waals surface area contributed by atoms with Gasteiger partial charge in [0.1, 0.15) is 0 Å². The molecule has 29 heavy (non-hydrogen) atoms. The van der Waals surface area contributed by atoms with Gasteiger partial charge in [-0.2, -0.15) is 0 Å². The second-order valence-corrected chi connectivity index (χ2v) is 9.15. The third kappa shape index (κ3) is 5.39. The molecule has 1 saturated carbocycles. The van der Waals surface area contributed by atoms with Gasteiger partial charge in [-0.15, -0.1) is 10.2 Å². The van der Waals surface area contributed by atoms with Crippen LogP contribution in [0.25, 0.3) is 0 Å². The first kappa shape index (κ1) is 20.0. The Kier molecular flexibility index (Phi) is 6.50. The standard InChI is InChI=1S/C19H22N4O4S2/c24-16(20-9-12-6-7-14-15(8-12)27-11-26-14)10-28-19-23-22-18(29-19)21-17(25)13-4-2-1-3-5-13/h6-8,13H,1-5,9-11H2,(H,20,24)(H,21,22,25). The van der Waals surface area contributed by atoms with Gasteiger partial charge in [-0.05, 0) is 30.5 Å². The number of amides is 2. The molecule has 0 saturated heterocycles. The van der Waals surface area contributed by atoms with Crippen LogP contribution in [0.1, 0.15) is 37.7 Å². The van der Waals surface area contributed by atoms with Crippen molar-refractivity contribution in [3.63, 3.8) is 0 Å². The van der Waals surface area contributed by atoms with Gasteiger partial charge in [-0.1, -0.05) is 48.4 Å². The lowest BCUT2D eigenvalue weighted by Crippen LogP contribution is -2.24. The molecular formula is C19H22N4O4S2. The van der Waals surface area contributed by atoms with E-state index < -0.39 is 0 Å². The molecule has 2 heterocycles. The Morgan fingerprint density at radius 2 is 1.97 bits per heavy atom. The van der Waals surface area contributed by atoms with Crippen LogP contribution >= 0.6 is 23.1 Å². The Balaban J connectivity index is 1.20. The van der Waals surface area contributed by atoms with Crippen LogP contribution in [0.2, 0.25) is 0 Å². The quantitative estimate of drug-likeness (QED) is 0.510. The van der Waals surface area contributed by atoms with Gasteiger partial charge in [0.25, 0.3) is 0 Å². The number of carbonyl (C=O) groups excluding carboxylic acids is 2. The molecule has 0 radical (unpaired) electrons. The summed E-state index contributed by atoms with van der Waals surface area (Å²) in [5, 5.41) is 14.3. The molecule has 2 aromatic rings. The number of benzene rings is 1. The van der Waals surface area contributed by atoms with Crippen molar-refractivity contribution in [2.24, 2.45) is 5.92 Å². The van der Waals surface area contributed by atoms with Gasteiger partial charge < -0.3 is 20.1 Å². The first-order chi connectivity index (χ1) is 14.2. The van der Waals surface area contributed by atoms with Gasteiger partial charge >= 0.3 is 0 Å². The summed E-state index contributed by atoms with van der Waals surface area (Å²) in [4.78, 5) is 24.4. The third-order valence-corrected chi connectivity index (χ3v) is 6.84. The Hall–Kier alpha value is -2.33. The molecule has 1 aromatic carbocycles. The van der Waals surface area contributed by atoms with E-state index in [-0.39, 0.29) is 30.3 Å². The molecule has 0 spiro atoms. The van der Waals surface area contributed by atoms with Crippen LogP contribution < -0.4 is 20.1 Å². The van der Waals surface area contributed by atoms with E-state index in [0.29, 0.717) is 21.8 Å². The third-order valence-electron chi connectivity index (χ3n) is 4.87. The molecule has 8 nitrogen and oxygen atoms in total. The first-order valence-electron chi connectivity index (χ1n) is 9.60. The van der Waals surface area contributed by atoms with Gasteiger partial charge in [0.05, 0.1) is 5.75 Å². The summed E-state index contributed by atoms with van der Waals surface area (Å²) in [6.45, 7) is 0.640. The average Bonchev–Trinajstić information content (AvgIpc) is 3.40. The molecular weight excluding hydrogens is 412 g/mol. The zero-order chi connectivity index (χ0) is 20.1. The number of fused-ring (bicyclic) bond motifs is 1. The number of thioether (sulfide) groups is 1. The van der Waals surface area contributed by atoms with Crippen molar-refractivity contribution in [1.82, 2.24) is 15.5 Å². The summed E-state index contributed by atoms with van der Waals surface area (Å²) in [7, 11) is 0. The Bertz CT molecular complexity index is 883. The number of rotatable bonds is 7. The molecule has 1 fully saturated rings. The monoisotopic (exact) mass is 434 g/mol. The lowest BCUT2D eigenvalue weighted by molar-refractivity contribution is -0.121. The van der Waals surface area contributed by atoms with Crippen LogP contribution in [-0.4, -0.2) is 34.6 Å². The van der Waals surface area contributed by atoms with Gasteiger partial charge in [-0.25, -0.2) is 0 Å². The van der Waals surface area contributed by atoms with E-state index in [1.807, 2.05) is 18.2 Å². The van der Waals surface area contributed by atoms with Gasteiger partial charge in [0.15, 0.2) is 15.8 Å². The molecule has 1 aliphatic carbocycles. The lowest BCUT2D eigenvalue weighted by Gasteiger charge is -2.19. The minimum absolute atomic E-state index is 0.0267. The molecule has 1 aromatic heterocycles. The predicted molar refractivity (Wildman–Crippen MR) is 110 cm³/mol. The molecule has 2 N–H and O–H groups in total. The number of ether oxygens (including phenoxy) is 2. The number of nitrogens with zero attached hydrogens (tertiary/aromatic N) is 2. The highest BCUT2D eigenvalue weighted by atomic mass is 32.2. The highest BCUT2D eigenvalue weighted by molar-refractivity contribution is 8.01. The molecule has 1 aliphatic heterocycles. The summed E-state index contributed by atoms with van der Waals surface area (Å²) in [6.07, 6.45) is 5.30. The van der Waals surface area contributed by atoms with Crippen LogP contribution in [0.4, 0.5) is 5.13 Å². The zero-order valence-corrected chi connectivity index (χ0v) is 17.4. The number of hydrogen-bond acceptors (Lipinski definition) is 8. The zero-order valence-electron chi connectivity index (χ0n) is 15.8. The van der Waals surface area contributed by atoms with Crippen molar-refractivity contribution in [2.45, 2.75) is 43.0 Å². The van der Waals surface area contributed by atoms with E-state index >= 15 is 0 Å². The van der Waals surface area contributed by atoms with Crippen LogP contribution in [-0.2, 0) is 16.1 Å². The highest BCUT2D eigenvalue weighted by Crippen LogP contribution is 2.32. The predicted octanol–water partition coefficient (Wildman–Crippen LogP) is 3.19. The van der Waals surface area contributed by atoms with Gasteiger partial charge in [-0.3, -0.25) is 9.59 Å². The lowest BCUT2D eigenvalue weighted by atomic mass is 9.89. The van der Waals surface area contributed by atoms with E-state index in [1.54, 1.807) is 0 Å². The van der Waals surface area contributed by atoms with Crippen LogP contribution in [0, 0.1) is 5.92 Å². The average molecular weight is 435 g/mol. The number of aromatic nitrogens is 2. The minimum Gasteiger partial charge on any atom is -0.454 e. The molecule has 0 bridgehead atoms. The number of nitrogens with one attached hydrogen (secondary N) is 2. The van der Waals surface area contributed by atoms with Crippen LogP contribution in [0.5, 0.6) is 11.5 Å². The Morgan fingerprint density at radius 1 is 1.14 bits per heavy atom. The first-order valence-corrected chi connectivity index (χ1v) is 11.4. The van der Waals surface area contributed by atoms with E-state index in [0.717, 1.165) is 37.0 Å². The number of anilines is 1. The summed E-state index contributed by atoms with van der Waals surface area (Å²) in [5.74, 6) is 1.65. The molecule has 0 unspecified atom stereocenters. The van der Waals surface area contributed by atoms with E-state index in [4.69, 9.17) is 9.47 Å². The number of carbonyl (C=O) groups is 2. The van der Waals surface area contributed by atoms with E-state index in [9.17, 15) is 9.59 Å². The molecule has 154 valence electrons. The number of hydrogen-bond donors (Lipinski definition) is 2. The maximum Gasteiger partial charge on any atom is 0.231 e. The fourth-order valence-electron chi connectivity index (χ4n) is 3.32. The van der Waals surface area contributed by atoms with Gasteiger partial charge in [0, 0.05) is 12.5 Å². The van der Waals surface area contributed by atoms with Crippen molar-refractivity contribution in [2.75, 3.05) is 17.9 Å². The fourth-order valence-corrected chi connectivity index (χ4v) is 4.91. The fraction of sp³-hybridized carbons (Fsp3) is 0.474. The van der Waals surface area contributed by atoms with Crippen molar-refractivity contribution in [1.29, 1.82) is 0 Å². The summed E-state index contributed by atoms with van der Waals surface area (Å²) in [6, 6.07) is 5.59. The van der Waals surface area contributed by atoms with E-state index in [2.05, 4.69) is 20.8 Å². The Labute approximate surface area is 176 Å². The van der Waals surface area contributed by atoms with E-state index in [1.165, 1.54) is 29.5 Å². The van der Waals surface area contributed by atoms with Crippen molar-refractivity contribution in [3.8, 4) is 11.5 Å². The van der Waals surface area contributed by atoms with Gasteiger partial charge in [0.2, 0.25) is 23.7 Å². The second-order valence-electron chi connectivity index (χ2n) is 6.95. The van der Waals surface area contributed by atoms with Crippen LogP contribution in [0.15, 0.2) is 22.5 Å². The maximum absolute atomic E-state index is 12.3. The Morgan fingerprint density at radius 3 is 2.83 bits per heavy atom. The second kappa shape index (κ2) is 9.45. The molecule has 2 aliphatic rings. The summed E-state index contributed by atoms with van der Waals surface area (Å²) < 4.78 is 11.3. The molecule has 0 atom stereocenters. The molecule has 2 amide bonds. The largest absolute Gasteiger partial charge is 0.454 e. The molecule has 10 heteroatoms. The maximum atomic E-state index is 12.3. The van der Waals surface area contributed by atoms with Crippen LogP contribution in [0.3, 0.4) is 0 Å². The smallest absolute Gasteiger partial charge is 0.231 e. The van der Waals surface area contributed by atoms with Crippen molar-refractivity contribution < 1.29 is 19.1 Å². The molecule has 4 rings (SSSR count). The van der Waals surface area contributed by atoms with Crippen molar-refractivity contribution >= 4 is 40.0 Å². The highest BCUT2D eigenvalue weighted by Gasteiger charge is 2.22. The normalized spacial score (nSPS) is 15.9. The van der Waals surface area contributed by atoms with Crippen molar-refractivity contribution in [3.05, 3.63) is 23.8 Å².